The molecule has 1 aliphatic rings. The van der Waals surface area contributed by atoms with E-state index in [1.54, 1.807) is 11.3 Å². The highest BCUT2D eigenvalue weighted by atomic mass is 15.6. The fourth-order valence-corrected chi connectivity index (χ4v) is 2.54. The first-order valence-electron chi connectivity index (χ1n) is 7.88. The molecule has 0 radical (unpaired) electrons. The molecule has 0 fully saturated rings. The van der Waals surface area contributed by atoms with Crippen LogP contribution in [0.1, 0.15) is 5.56 Å². The van der Waals surface area contributed by atoms with Crippen LogP contribution >= 0.6 is 0 Å². The maximum Gasteiger partial charge on any atom is 0.233 e. The van der Waals surface area contributed by atoms with Crippen molar-refractivity contribution in [2.45, 2.75) is 12.8 Å². The maximum atomic E-state index is 4.34. The number of benzene rings is 2. The fraction of sp³-hybridized carbons (Fsp3) is 0.278. The first-order valence-corrected chi connectivity index (χ1v) is 7.88. The molecule has 0 aromatic heterocycles. The van der Waals surface area contributed by atoms with E-state index in [0.717, 1.165) is 17.9 Å². The van der Waals surface area contributed by atoms with Crippen LogP contribution in [-0.2, 0) is 6.54 Å². The molecule has 2 aromatic rings. The highest BCUT2D eigenvalue weighted by molar-refractivity contribution is 5.56. The van der Waals surface area contributed by atoms with Crippen LogP contribution < -0.4 is 4.90 Å². The Labute approximate surface area is 142 Å². The lowest BCUT2D eigenvalue weighted by molar-refractivity contribution is 0.183. The van der Waals surface area contributed by atoms with E-state index in [-0.39, 0.29) is 6.29 Å². The molecular weight excluding hydrogens is 300 g/mol. The van der Waals surface area contributed by atoms with E-state index in [0.29, 0.717) is 0 Å². The standard InChI is InChI=1S/C18H22N6/c1-22(13-15-7-5-4-6-8-15)17-11-9-16(10-12-17)20-21-18-23(2)14-19-24(18)3/h4-12,14,18H,13H2,1-3H3. The molecule has 0 N–H and O–H groups in total. The quantitative estimate of drug-likeness (QED) is 0.791. The van der Waals surface area contributed by atoms with E-state index < -0.39 is 0 Å². The van der Waals surface area contributed by atoms with Gasteiger partial charge in [0.1, 0.15) is 6.34 Å². The van der Waals surface area contributed by atoms with E-state index in [9.17, 15) is 0 Å². The first-order chi connectivity index (χ1) is 11.6. The molecule has 1 unspecified atom stereocenters. The van der Waals surface area contributed by atoms with Gasteiger partial charge in [-0.05, 0) is 29.8 Å². The third-order valence-corrected chi connectivity index (χ3v) is 3.94. The molecule has 1 heterocycles. The highest BCUT2D eigenvalue weighted by Gasteiger charge is 2.20. The van der Waals surface area contributed by atoms with Gasteiger partial charge in [0.25, 0.3) is 0 Å². The van der Waals surface area contributed by atoms with Gasteiger partial charge >= 0.3 is 0 Å². The van der Waals surface area contributed by atoms with Gasteiger partial charge in [-0.2, -0.15) is 10.2 Å². The van der Waals surface area contributed by atoms with Crippen LogP contribution in [0.25, 0.3) is 0 Å². The van der Waals surface area contributed by atoms with Crippen LogP contribution in [0.5, 0.6) is 0 Å². The van der Waals surface area contributed by atoms with Crippen molar-refractivity contribution in [3.63, 3.8) is 0 Å². The van der Waals surface area contributed by atoms with Crippen LogP contribution in [-0.4, -0.2) is 43.7 Å². The van der Waals surface area contributed by atoms with E-state index >= 15 is 0 Å². The molecule has 0 bridgehead atoms. The van der Waals surface area contributed by atoms with Crippen LogP contribution in [0.4, 0.5) is 11.4 Å². The summed E-state index contributed by atoms with van der Waals surface area (Å²) in [6, 6.07) is 18.5. The third-order valence-electron chi connectivity index (χ3n) is 3.94. The van der Waals surface area contributed by atoms with Gasteiger partial charge in [-0.3, -0.25) is 5.01 Å². The molecule has 6 nitrogen and oxygen atoms in total. The average molecular weight is 322 g/mol. The minimum atomic E-state index is -0.176. The van der Waals surface area contributed by atoms with Crippen molar-refractivity contribution in [3.05, 3.63) is 60.2 Å². The SMILES string of the molecule is CN(Cc1ccccc1)c1ccc(N=NC2N(C)C=NN2C)cc1. The van der Waals surface area contributed by atoms with Gasteiger partial charge in [-0.1, -0.05) is 30.3 Å². The molecule has 124 valence electrons. The predicted molar refractivity (Wildman–Crippen MR) is 97.3 cm³/mol. The number of anilines is 1. The average Bonchev–Trinajstić information content (AvgIpc) is 2.92. The van der Waals surface area contributed by atoms with Crippen LogP contribution in [0, 0.1) is 0 Å². The van der Waals surface area contributed by atoms with Crippen molar-refractivity contribution in [3.8, 4) is 0 Å². The number of hydrazone groups is 1. The van der Waals surface area contributed by atoms with Crippen molar-refractivity contribution in [1.29, 1.82) is 0 Å². The molecule has 0 spiro atoms. The highest BCUT2D eigenvalue weighted by Crippen LogP contribution is 2.21. The molecular formula is C18H22N6. The van der Waals surface area contributed by atoms with Crippen molar-refractivity contribution >= 4 is 17.7 Å². The Morgan fingerprint density at radius 3 is 2.38 bits per heavy atom. The summed E-state index contributed by atoms with van der Waals surface area (Å²) in [5.41, 5.74) is 3.27. The maximum absolute atomic E-state index is 4.34. The minimum Gasteiger partial charge on any atom is -0.370 e. The van der Waals surface area contributed by atoms with Gasteiger partial charge < -0.3 is 9.80 Å². The third kappa shape index (κ3) is 3.71. The summed E-state index contributed by atoms with van der Waals surface area (Å²) in [5, 5.41) is 14.6. The minimum absolute atomic E-state index is 0.176. The molecule has 0 saturated heterocycles. The Bertz CT molecular complexity index is 698. The van der Waals surface area contributed by atoms with Crippen LogP contribution in [0.15, 0.2) is 69.9 Å². The van der Waals surface area contributed by atoms with Crippen molar-refractivity contribution in [2.75, 3.05) is 26.0 Å². The Balaban J connectivity index is 1.63. The molecule has 1 aliphatic heterocycles. The van der Waals surface area contributed by atoms with Gasteiger partial charge in [0, 0.05) is 33.4 Å². The second-order valence-corrected chi connectivity index (χ2v) is 5.89. The molecule has 0 aliphatic carbocycles. The Hall–Kier alpha value is -2.89. The summed E-state index contributed by atoms with van der Waals surface area (Å²) in [6.07, 6.45) is 1.57. The van der Waals surface area contributed by atoms with Gasteiger partial charge in [-0.15, -0.1) is 5.11 Å². The van der Waals surface area contributed by atoms with E-state index in [1.807, 2.05) is 37.2 Å². The summed E-state index contributed by atoms with van der Waals surface area (Å²) >= 11 is 0. The summed E-state index contributed by atoms with van der Waals surface area (Å²) < 4.78 is 0. The predicted octanol–water partition coefficient (Wildman–Crippen LogP) is 3.51. The lowest BCUT2D eigenvalue weighted by Crippen LogP contribution is -2.32. The molecule has 24 heavy (non-hydrogen) atoms. The molecule has 1 atom stereocenters. The number of azo groups is 1. The number of hydrogen-bond acceptors (Lipinski definition) is 6. The lowest BCUT2D eigenvalue weighted by atomic mass is 10.2. The Morgan fingerprint density at radius 1 is 1.04 bits per heavy atom. The summed E-state index contributed by atoms with van der Waals surface area (Å²) in [6.45, 7) is 0.872. The van der Waals surface area contributed by atoms with Gasteiger partial charge in [0.2, 0.25) is 6.29 Å². The van der Waals surface area contributed by atoms with Gasteiger partial charge in [-0.25, -0.2) is 0 Å². The molecule has 0 saturated carbocycles. The van der Waals surface area contributed by atoms with Crippen molar-refractivity contribution in [2.24, 2.45) is 15.3 Å². The topological polar surface area (TPSA) is 46.8 Å². The molecule has 0 amide bonds. The van der Waals surface area contributed by atoms with E-state index in [1.165, 1.54) is 5.56 Å². The van der Waals surface area contributed by atoms with Gasteiger partial charge in [0.05, 0.1) is 5.69 Å². The van der Waals surface area contributed by atoms with Crippen LogP contribution in [0.2, 0.25) is 0 Å². The van der Waals surface area contributed by atoms with Crippen molar-refractivity contribution < 1.29 is 0 Å². The summed E-state index contributed by atoms with van der Waals surface area (Å²) in [4.78, 5) is 4.12. The number of rotatable bonds is 5. The number of hydrogen-bond donors (Lipinski definition) is 0. The Morgan fingerprint density at radius 2 is 1.75 bits per heavy atom. The second kappa shape index (κ2) is 7.12. The second-order valence-electron chi connectivity index (χ2n) is 5.89. The molecule has 2 aromatic carbocycles. The largest absolute Gasteiger partial charge is 0.370 e. The fourth-order valence-electron chi connectivity index (χ4n) is 2.54. The zero-order valence-electron chi connectivity index (χ0n) is 14.2. The lowest BCUT2D eigenvalue weighted by Gasteiger charge is -2.20. The first kappa shape index (κ1) is 16.0. The normalized spacial score (nSPS) is 17.0. The molecule has 6 heteroatoms. The monoisotopic (exact) mass is 322 g/mol. The Kier molecular flexibility index (Phi) is 4.74. The molecule has 3 rings (SSSR count). The zero-order valence-corrected chi connectivity index (χ0v) is 14.2. The van der Waals surface area contributed by atoms with Crippen LogP contribution in [0.3, 0.4) is 0 Å². The smallest absolute Gasteiger partial charge is 0.233 e. The summed E-state index contributed by atoms with van der Waals surface area (Å²) in [7, 11) is 5.90. The zero-order chi connectivity index (χ0) is 16.9. The van der Waals surface area contributed by atoms with E-state index in [4.69, 9.17) is 0 Å². The summed E-state index contributed by atoms with van der Waals surface area (Å²) in [5.74, 6) is 0. The van der Waals surface area contributed by atoms with Gasteiger partial charge in [0.15, 0.2) is 0 Å². The number of nitrogens with zero attached hydrogens (tertiary/aromatic N) is 6. The van der Waals surface area contributed by atoms with E-state index in [2.05, 4.69) is 63.7 Å². The van der Waals surface area contributed by atoms with Crippen molar-refractivity contribution in [1.82, 2.24) is 9.91 Å².